The molecule has 1 fully saturated rings. The Bertz CT molecular complexity index is 349. The third kappa shape index (κ3) is 3.41. The van der Waals surface area contributed by atoms with Gasteiger partial charge in [-0.3, -0.25) is 4.90 Å². The average Bonchev–Trinajstić information content (AvgIpc) is 2.32. The van der Waals surface area contributed by atoms with Crippen LogP contribution < -0.4 is 5.73 Å². The lowest BCUT2D eigenvalue weighted by Crippen LogP contribution is -2.44. The predicted octanol–water partition coefficient (Wildman–Crippen LogP) is 1.19. The van der Waals surface area contributed by atoms with Crippen molar-refractivity contribution in [2.75, 3.05) is 32.9 Å². The van der Waals surface area contributed by atoms with Crippen LogP contribution in [0, 0.1) is 0 Å². The second-order valence-corrected chi connectivity index (χ2v) is 5.06. The average molecular weight is 234 g/mol. The van der Waals surface area contributed by atoms with Crippen LogP contribution in [0.5, 0.6) is 0 Å². The van der Waals surface area contributed by atoms with Crippen molar-refractivity contribution >= 4 is 5.82 Å². The minimum atomic E-state index is 0.591. The minimum Gasteiger partial charge on any atom is -0.384 e. The highest BCUT2D eigenvalue weighted by Gasteiger charge is 2.20. The number of piperidine rings is 1. The van der Waals surface area contributed by atoms with E-state index >= 15 is 0 Å². The van der Waals surface area contributed by atoms with E-state index in [4.69, 9.17) is 5.73 Å². The SMILES string of the molecule is CN1CCCC(N(C)Cc2ccc(N)nc2)C1. The maximum Gasteiger partial charge on any atom is 0.123 e. The molecule has 0 aromatic carbocycles. The van der Waals surface area contributed by atoms with Crippen molar-refractivity contribution < 1.29 is 0 Å². The molecule has 1 unspecified atom stereocenters. The van der Waals surface area contributed by atoms with E-state index in [1.54, 1.807) is 0 Å². The molecule has 2 heterocycles. The van der Waals surface area contributed by atoms with Crippen molar-refractivity contribution in [3.8, 4) is 0 Å². The Morgan fingerprint density at radius 3 is 3.00 bits per heavy atom. The number of likely N-dealkylation sites (tertiary alicyclic amines) is 1. The molecule has 1 saturated heterocycles. The summed E-state index contributed by atoms with van der Waals surface area (Å²) in [4.78, 5) is 8.96. The van der Waals surface area contributed by atoms with E-state index in [1.807, 2.05) is 12.3 Å². The first kappa shape index (κ1) is 12.3. The highest BCUT2D eigenvalue weighted by atomic mass is 15.2. The molecule has 94 valence electrons. The Balaban J connectivity index is 1.91. The Morgan fingerprint density at radius 1 is 1.53 bits per heavy atom. The lowest BCUT2D eigenvalue weighted by Gasteiger charge is -2.35. The van der Waals surface area contributed by atoms with Crippen LogP contribution >= 0.6 is 0 Å². The Labute approximate surface area is 103 Å². The summed E-state index contributed by atoms with van der Waals surface area (Å²) >= 11 is 0. The summed E-state index contributed by atoms with van der Waals surface area (Å²) in [5, 5.41) is 0. The largest absolute Gasteiger partial charge is 0.384 e. The van der Waals surface area contributed by atoms with Gasteiger partial charge >= 0.3 is 0 Å². The molecule has 1 aliphatic heterocycles. The number of hydrogen-bond acceptors (Lipinski definition) is 4. The molecular formula is C13H22N4. The predicted molar refractivity (Wildman–Crippen MR) is 70.6 cm³/mol. The molecule has 0 saturated carbocycles. The van der Waals surface area contributed by atoms with Crippen molar-refractivity contribution in [3.05, 3.63) is 23.9 Å². The van der Waals surface area contributed by atoms with Gasteiger partial charge in [-0.2, -0.15) is 0 Å². The summed E-state index contributed by atoms with van der Waals surface area (Å²) in [7, 11) is 4.39. The fourth-order valence-corrected chi connectivity index (χ4v) is 2.45. The second-order valence-electron chi connectivity index (χ2n) is 5.06. The standard InChI is InChI=1S/C13H22N4/c1-16-7-3-4-12(10-16)17(2)9-11-5-6-13(14)15-8-11/h5-6,8,12H,3-4,7,9-10H2,1-2H3,(H2,14,15). The minimum absolute atomic E-state index is 0.591. The zero-order valence-corrected chi connectivity index (χ0v) is 10.8. The molecule has 4 nitrogen and oxygen atoms in total. The van der Waals surface area contributed by atoms with E-state index in [1.165, 1.54) is 31.5 Å². The Hall–Kier alpha value is -1.13. The van der Waals surface area contributed by atoms with Gasteiger partial charge < -0.3 is 10.6 Å². The van der Waals surface area contributed by atoms with Gasteiger partial charge in [-0.1, -0.05) is 6.07 Å². The third-order valence-electron chi connectivity index (χ3n) is 3.50. The van der Waals surface area contributed by atoms with Crippen molar-refractivity contribution in [2.24, 2.45) is 0 Å². The molecule has 1 aromatic rings. The number of rotatable bonds is 3. The summed E-state index contributed by atoms with van der Waals surface area (Å²) < 4.78 is 0. The van der Waals surface area contributed by atoms with Gasteiger partial charge in [0.2, 0.25) is 0 Å². The van der Waals surface area contributed by atoms with Crippen LogP contribution in [0.15, 0.2) is 18.3 Å². The monoisotopic (exact) mass is 234 g/mol. The quantitative estimate of drug-likeness (QED) is 0.853. The zero-order valence-electron chi connectivity index (χ0n) is 10.8. The number of hydrogen-bond donors (Lipinski definition) is 1. The number of nitrogen functional groups attached to an aromatic ring is 1. The summed E-state index contributed by atoms with van der Waals surface area (Å²) in [6.07, 6.45) is 4.47. The van der Waals surface area contributed by atoms with Crippen molar-refractivity contribution in [1.29, 1.82) is 0 Å². The van der Waals surface area contributed by atoms with Crippen LogP contribution in [0.3, 0.4) is 0 Å². The fraction of sp³-hybridized carbons (Fsp3) is 0.615. The molecule has 4 heteroatoms. The van der Waals surface area contributed by atoms with Crippen molar-refractivity contribution in [3.63, 3.8) is 0 Å². The molecule has 1 aliphatic rings. The molecule has 0 bridgehead atoms. The molecule has 2 N–H and O–H groups in total. The van der Waals surface area contributed by atoms with E-state index in [0.717, 1.165) is 6.54 Å². The van der Waals surface area contributed by atoms with Gasteiger partial charge in [0, 0.05) is 25.3 Å². The smallest absolute Gasteiger partial charge is 0.123 e. The number of nitrogens with zero attached hydrogens (tertiary/aromatic N) is 3. The van der Waals surface area contributed by atoms with E-state index in [0.29, 0.717) is 11.9 Å². The van der Waals surface area contributed by atoms with E-state index in [-0.39, 0.29) is 0 Å². The Kier molecular flexibility index (Phi) is 3.97. The number of pyridine rings is 1. The van der Waals surface area contributed by atoms with Gasteiger partial charge in [-0.25, -0.2) is 4.98 Å². The van der Waals surface area contributed by atoms with Crippen molar-refractivity contribution in [2.45, 2.75) is 25.4 Å². The number of anilines is 1. The first-order valence-electron chi connectivity index (χ1n) is 6.24. The molecule has 1 atom stereocenters. The third-order valence-corrected chi connectivity index (χ3v) is 3.50. The molecule has 1 aromatic heterocycles. The summed E-state index contributed by atoms with van der Waals surface area (Å²) in [6.45, 7) is 3.35. The second kappa shape index (κ2) is 5.47. The fourth-order valence-electron chi connectivity index (χ4n) is 2.45. The van der Waals surface area contributed by atoms with Gasteiger partial charge in [0.05, 0.1) is 0 Å². The van der Waals surface area contributed by atoms with Crippen LogP contribution in [0.25, 0.3) is 0 Å². The van der Waals surface area contributed by atoms with E-state index in [9.17, 15) is 0 Å². The summed E-state index contributed by atoms with van der Waals surface area (Å²) in [5.74, 6) is 0.591. The highest BCUT2D eigenvalue weighted by Crippen LogP contribution is 2.15. The number of aromatic nitrogens is 1. The van der Waals surface area contributed by atoms with Gasteiger partial charge in [0.15, 0.2) is 0 Å². The Morgan fingerprint density at radius 2 is 2.35 bits per heavy atom. The maximum atomic E-state index is 5.59. The number of nitrogens with two attached hydrogens (primary N) is 1. The highest BCUT2D eigenvalue weighted by molar-refractivity contribution is 5.29. The molecule has 0 aliphatic carbocycles. The normalized spacial score (nSPS) is 21.9. The van der Waals surface area contributed by atoms with Gasteiger partial charge in [0.1, 0.15) is 5.82 Å². The topological polar surface area (TPSA) is 45.4 Å². The summed E-state index contributed by atoms with van der Waals surface area (Å²) in [5.41, 5.74) is 6.82. The molecule has 0 radical (unpaired) electrons. The van der Waals surface area contributed by atoms with Gasteiger partial charge in [-0.15, -0.1) is 0 Å². The molecule has 0 spiro atoms. The lowest BCUT2D eigenvalue weighted by atomic mass is 10.0. The molecule has 2 rings (SSSR count). The number of likely N-dealkylation sites (N-methyl/N-ethyl adjacent to an activating group) is 2. The van der Waals surface area contributed by atoms with Crippen LogP contribution in [0.1, 0.15) is 18.4 Å². The van der Waals surface area contributed by atoms with Crippen LogP contribution in [0.2, 0.25) is 0 Å². The molecule has 0 amide bonds. The molecular weight excluding hydrogens is 212 g/mol. The van der Waals surface area contributed by atoms with E-state index < -0.39 is 0 Å². The van der Waals surface area contributed by atoms with Gasteiger partial charge in [-0.05, 0) is 45.1 Å². The van der Waals surface area contributed by atoms with Crippen LogP contribution in [0.4, 0.5) is 5.82 Å². The molecule has 17 heavy (non-hydrogen) atoms. The maximum absolute atomic E-state index is 5.59. The summed E-state index contributed by atoms with van der Waals surface area (Å²) in [6, 6.07) is 4.59. The lowest BCUT2D eigenvalue weighted by molar-refractivity contribution is 0.129. The first-order chi connectivity index (χ1) is 8.15. The first-order valence-corrected chi connectivity index (χ1v) is 6.24. The van der Waals surface area contributed by atoms with E-state index in [2.05, 4.69) is 34.9 Å². The van der Waals surface area contributed by atoms with Crippen LogP contribution in [-0.4, -0.2) is 48.0 Å². The van der Waals surface area contributed by atoms with Crippen molar-refractivity contribution in [1.82, 2.24) is 14.8 Å². The van der Waals surface area contributed by atoms with Crippen LogP contribution in [-0.2, 0) is 6.54 Å². The van der Waals surface area contributed by atoms with Gasteiger partial charge in [0.25, 0.3) is 0 Å². The zero-order chi connectivity index (χ0) is 12.3.